The Bertz CT molecular complexity index is 599. The molecule has 0 aliphatic heterocycles. The first-order valence-corrected chi connectivity index (χ1v) is 6.36. The first kappa shape index (κ1) is 13.1. The highest BCUT2D eigenvalue weighted by Crippen LogP contribution is 2.22. The molecule has 0 aromatic carbocycles. The number of nitrogens with zero attached hydrogens (tertiary/aromatic N) is 4. The molecule has 3 N–H and O–H groups in total. The van der Waals surface area contributed by atoms with Crippen molar-refractivity contribution in [2.24, 2.45) is 0 Å². The number of thiazole rings is 1. The van der Waals surface area contributed by atoms with Gasteiger partial charge in [-0.15, -0.1) is 11.3 Å². The van der Waals surface area contributed by atoms with E-state index >= 15 is 0 Å². The van der Waals surface area contributed by atoms with Crippen LogP contribution in [0.4, 0.5) is 17.5 Å². The molecule has 0 saturated carbocycles. The van der Waals surface area contributed by atoms with Crippen molar-refractivity contribution in [1.29, 1.82) is 0 Å². The topological polar surface area (TPSA) is 120 Å². The lowest BCUT2D eigenvalue weighted by molar-refractivity contribution is -0.384. The second-order valence-electron chi connectivity index (χ2n) is 3.65. The summed E-state index contributed by atoms with van der Waals surface area (Å²) < 4.78 is 0. The highest BCUT2D eigenvalue weighted by Gasteiger charge is 2.16. The van der Waals surface area contributed by atoms with Gasteiger partial charge in [-0.05, 0) is 6.42 Å². The second-order valence-corrected chi connectivity index (χ2v) is 4.85. The Morgan fingerprint density at radius 2 is 2.26 bits per heavy atom. The van der Waals surface area contributed by atoms with Crippen molar-refractivity contribution < 1.29 is 4.92 Å². The van der Waals surface area contributed by atoms with Crippen molar-refractivity contribution in [2.45, 2.75) is 19.9 Å². The maximum Gasteiger partial charge on any atom is 0.329 e. The predicted octanol–water partition coefficient (Wildman–Crippen LogP) is 1.60. The van der Waals surface area contributed by atoms with Crippen molar-refractivity contribution in [3.05, 3.63) is 32.4 Å². The van der Waals surface area contributed by atoms with Crippen LogP contribution in [0.3, 0.4) is 0 Å². The van der Waals surface area contributed by atoms with E-state index in [1.165, 1.54) is 0 Å². The SMILES string of the molecule is CCc1cnc(CNc2nc(N)ncc2[N+](=O)[O-])s1. The van der Waals surface area contributed by atoms with Crippen LogP contribution in [-0.4, -0.2) is 19.9 Å². The van der Waals surface area contributed by atoms with Crippen LogP contribution in [0.5, 0.6) is 0 Å². The van der Waals surface area contributed by atoms with E-state index in [1.807, 2.05) is 6.92 Å². The van der Waals surface area contributed by atoms with E-state index in [-0.39, 0.29) is 17.5 Å². The molecule has 0 radical (unpaired) electrons. The summed E-state index contributed by atoms with van der Waals surface area (Å²) in [4.78, 5) is 23.1. The van der Waals surface area contributed by atoms with Gasteiger partial charge in [0.25, 0.3) is 0 Å². The lowest BCUT2D eigenvalue weighted by atomic mass is 10.4. The highest BCUT2D eigenvalue weighted by atomic mass is 32.1. The summed E-state index contributed by atoms with van der Waals surface area (Å²) >= 11 is 1.55. The normalized spacial score (nSPS) is 10.4. The minimum Gasteiger partial charge on any atom is -0.368 e. The molecule has 19 heavy (non-hydrogen) atoms. The monoisotopic (exact) mass is 280 g/mol. The van der Waals surface area contributed by atoms with E-state index < -0.39 is 4.92 Å². The summed E-state index contributed by atoms with van der Waals surface area (Å²) in [5.41, 5.74) is 5.22. The van der Waals surface area contributed by atoms with Crippen LogP contribution in [0, 0.1) is 10.1 Å². The summed E-state index contributed by atoms with van der Waals surface area (Å²) in [7, 11) is 0. The molecular weight excluding hydrogens is 268 g/mol. The van der Waals surface area contributed by atoms with Gasteiger partial charge < -0.3 is 11.1 Å². The predicted molar refractivity (Wildman–Crippen MR) is 71.9 cm³/mol. The number of rotatable bonds is 5. The Balaban J connectivity index is 2.14. The van der Waals surface area contributed by atoms with Crippen molar-refractivity contribution in [2.75, 3.05) is 11.1 Å². The van der Waals surface area contributed by atoms with E-state index in [0.29, 0.717) is 6.54 Å². The Morgan fingerprint density at radius 1 is 1.47 bits per heavy atom. The minimum atomic E-state index is -0.554. The van der Waals surface area contributed by atoms with Gasteiger partial charge in [0.05, 0.1) is 11.5 Å². The van der Waals surface area contributed by atoms with Gasteiger partial charge in [-0.1, -0.05) is 6.92 Å². The smallest absolute Gasteiger partial charge is 0.329 e. The maximum atomic E-state index is 10.8. The van der Waals surface area contributed by atoms with Crippen LogP contribution < -0.4 is 11.1 Å². The van der Waals surface area contributed by atoms with E-state index in [4.69, 9.17) is 5.73 Å². The number of nitrogen functional groups attached to an aromatic ring is 1. The van der Waals surface area contributed by atoms with Gasteiger partial charge in [0.15, 0.2) is 0 Å². The van der Waals surface area contributed by atoms with Crippen LogP contribution in [-0.2, 0) is 13.0 Å². The third-order valence-electron chi connectivity index (χ3n) is 2.34. The summed E-state index contributed by atoms with van der Waals surface area (Å²) in [5, 5.41) is 14.5. The molecule has 0 fully saturated rings. The van der Waals surface area contributed by atoms with Crippen molar-refractivity contribution in [3.63, 3.8) is 0 Å². The standard InChI is InChI=1S/C10H12N6O2S/c1-2-6-3-12-8(19-6)5-13-9-7(16(17)18)4-14-10(11)15-9/h3-4H,2,5H2,1H3,(H3,11,13,14,15). The number of hydrogen-bond donors (Lipinski definition) is 2. The summed E-state index contributed by atoms with van der Waals surface area (Å²) in [6.07, 6.45) is 3.80. The Labute approximate surface area is 112 Å². The molecule has 0 aliphatic carbocycles. The molecule has 0 bridgehead atoms. The molecule has 100 valence electrons. The lowest BCUT2D eigenvalue weighted by Gasteiger charge is -2.04. The molecule has 9 heteroatoms. The van der Waals surface area contributed by atoms with Crippen LogP contribution in [0.25, 0.3) is 0 Å². The first-order chi connectivity index (χ1) is 9.10. The number of aromatic nitrogens is 3. The zero-order valence-electron chi connectivity index (χ0n) is 10.2. The number of nitrogens with one attached hydrogen (secondary N) is 1. The molecule has 0 unspecified atom stereocenters. The molecule has 8 nitrogen and oxygen atoms in total. The van der Waals surface area contributed by atoms with Crippen molar-refractivity contribution in [1.82, 2.24) is 15.0 Å². The maximum absolute atomic E-state index is 10.8. The fourth-order valence-corrected chi connectivity index (χ4v) is 2.21. The zero-order chi connectivity index (χ0) is 13.8. The summed E-state index contributed by atoms with van der Waals surface area (Å²) in [6.45, 7) is 2.41. The molecule has 2 aromatic rings. The molecule has 0 saturated heterocycles. The van der Waals surface area contributed by atoms with Crippen LogP contribution in [0.1, 0.15) is 16.8 Å². The molecule has 2 aromatic heterocycles. The van der Waals surface area contributed by atoms with Crippen LogP contribution >= 0.6 is 11.3 Å². The second kappa shape index (κ2) is 5.57. The molecule has 0 amide bonds. The summed E-state index contributed by atoms with van der Waals surface area (Å²) in [5.74, 6) is 0.0900. The van der Waals surface area contributed by atoms with Gasteiger partial charge in [0.1, 0.15) is 11.2 Å². The fourth-order valence-electron chi connectivity index (χ4n) is 1.41. The number of anilines is 2. The number of nitro groups is 1. The molecule has 2 rings (SSSR count). The summed E-state index contributed by atoms with van der Waals surface area (Å²) in [6, 6.07) is 0. The van der Waals surface area contributed by atoms with E-state index in [0.717, 1.165) is 22.5 Å². The number of hydrogen-bond acceptors (Lipinski definition) is 8. The average molecular weight is 280 g/mol. The molecule has 0 aliphatic rings. The first-order valence-electron chi connectivity index (χ1n) is 5.54. The third-order valence-corrected chi connectivity index (χ3v) is 3.48. The Hall–Kier alpha value is -2.29. The van der Waals surface area contributed by atoms with Crippen LogP contribution in [0.15, 0.2) is 12.4 Å². The van der Waals surface area contributed by atoms with Gasteiger partial charge in [-0.3, -0.25) is 10.1 Å². The average Bonchev–Trinajstić information content (AvgIpc) is 2.84. The molecular formula is C10H12N6O2S. The Kier molecular flexibility index (Phi) is 3.85. The molecule has 2 heterocycles. The fraction of sp³-hybridized carbons (Fsp3) is 0.300. The zero-order valence-corrected chi connectivity index (χ0v) is 11.0. The van der Waals surface area contributed by atoms with E-state index in [1.54, 1.807) is 17.5 Å². The van der Waals surface area contributed by atoms with Crippen LogP contribution in [0.2, 0.25) is 0 Å². The van der Waals surface area contributed by atoms with Gasteiger partial charge in [-0.2, -0.15) is 4.98 Å². The van der Waals surface area contributed by atoms with Gasteiger partial charge in [0, 0.05) is 11.1 Å². The quantitative estimate of drug-likeness (QED) is 0.630. The number of aryl methyl sites for hydroxylation is 1. The van der Waals surface area contributed by atoms with Crippen molar-refractivity contribution in [3.8, 4) is 0 Å². The molecule has 0 atom stereocenters. The van der Waals surface area contributed by atoms with E-state index in [2.05, 4.69) is 20.3 Å². The van der Waals surface area contributed by atoms with Gasteiger partial charge in [-0.25, -0.2) is 9.97 Å². The van der Waals surface area contributed by atoms with Crippen molar-refractivity contribution >= 4 is 28.8 Å². The lowest BCUT2D eigenvalue weighted by Crippen LogP contribution is -2.07. The number of nitrogens with two attached hydrogens (primary N) is 1. The third kappa shape index (κ3) is 3.13. The molecule has 0 spiro atoms. The highest BCUT2D eigenvalue weighted by molar-refractivity contribution is 7.11. The van der Waals surface area contributed by atoms with E-state index in [9.17, 15) is 10.1 Å². The Morgan fingerprint density at radius 3 is 2.89 bits per heavy atom. The van der Waals surface area contributed by atoms with Gasteiger partial charge in [0.2, 0.25) is 11.8 Å². The minimum absolute atomic E-state index is 0.0125. The largest absolute Gasteiger partial charge is 0.368 e. The van der Waals surface area contributed by atoms with Gasteiger partial charge >= 0.3 is 5.69 Å².